The van der Waals surface area contributed by atoms with Gasteiger partial charge in [0, 0.05) is 12.1 Å². The summed E-state index contributed by atoms with van der Waals surface area (Å²) < 4.78 is 0. The third-order valence-corrected chi connectivity index (χ3v) is 2.36. The Hall–Kier alpha value is -1.48. The van der Waals surface area contributed by atoms with Crippen LogP contribution in [0.1, 0.15) is 24.2 Å². The minimum atomic E-state index is -0.153. The van der Waals surface area contributed by atoms with Crippen LogP contribution < -0.4 is 11.1 Å². The first-order valence-electron chi connectivity index (χ1n) is 4.97. The Morgan fingerprint density at radius 3 is 2.75 bits per heavy atom. The molecule has 0 heterocycles. The lowest BCUT2D eigenvalue weighted by Gasteiger charge is -2.04. The van der Waals surface area contributed by atoms with Crippen molar-refractivity contribution in [3.05, 3.63) is 40.4 Å². The van der Waals surface area contributed by atoms with E-state index in [9.17, 15) is 4.79 Å². The van der Waals surface area contributed by atoms with Crippen LogP contribution in [0.5, 0.6) is 0 Å². The van der Waals surface area contributed by atoms with Crippen LogP contribution in [-0.4, -0.2) is 12.5 Å². The number of carbonyl (C=O) groups is 1. The van der Waals surface area contributed by atoms with Gasteiger partial charge in [-0.1, -0.05) is 23.3 Å². The first-order chi connectivity index (χ1) is 7.50. The number of allylic oxidation sites excluding steroid dienone is 1. The summed E-state index contributed by atoms with van der Waals surface area (Å²) in [5.74, 6) is -0.153. The summed E-state index contributed by atoms with van der Waals surface area (Å²) in [6, 6.07) is 4.84. The Morgan fingerprint density at radius 2 is 2.19 bits per heavy atom. The molecule has 0 aliphatic rings. The molecule has 16 heavy (non-hydrogen) atoms. The summed E-state index contributed by atoms with van der Waals surface area (Å²) in [6.45, 7) is 4.47. The normalized spacial score (nSPS) is 9.69. The number of anilines is 1. The molecular formula is C12H15ClN2O. The van der Waals surface area contributed by atoms with Crippen LogP contribution in [0.3, 0.4) is 0 Å². The van der Waals surface area contributed by atoms with Gasteiger partial charge in [0.1, 0.15) is 0 Å². The standard InChI is InChI=1S/C12H15ClN2O/c1-8(2)5-6-15-12(16)9-3-4-11(14)10(13)7-9/h3-5,7H,6,14H2,1-2H3,(H,15,16). The number of halogens is 1. The molecule has 0 unspecified atom stereocenters. The van der Waals surface area contributed by atoms with Crippen molar-refractivity contribution in [3.8, 4) is 0 Å². The highest BCUT2D eigenvalue weighted by atomic mass is 35.5. The molecule has 86 valence electrons. The van der Waals surface area contributed by atoms with Crippen molar-refractivity contribution in [3.63, 3.8) is 0 Å². The monoisotopic (exact) mass is 238 g/mol. The smallest absolute Gasteiger partial charge is 0.251 e. The highest BCUT2D eigenvalue weighted by molar-refractivity contribution is 6.33. The van der Waals surface area contributed by atoms with Crippen LogP contribution in [0.15, 0.2) is 29.8 Å². The van der Waals surface area contributed by atoms with Gasteiger partial charge in [-0.15, -0.1) is 0 Å². The predicted octanol–water partition coefficient (Wildman–Crippen LogP) is 2.62. The molecule has 0 saturated heterocycles. The summed E-state index contributed by atoms with van der Waals surface area (Å²) in [5.41, 5.74) is 7.71. The lowest BCUT2D eigenvalue weighted by Crippen LogP contribution is -2.23. The molecule has 1 aromatic rings. The van der Waals surface area contributed by atoms with Gasteiger partial charge in [0.15, 0.2) is 0 Å². The molecule has 0 bridgehead atoms. The predicted molar refractivity (Wildman–Crippen MR) is 67.6 cm³/mol. The van der Waals surface area contributed by atoms with E-state index in [4.69, 9.17) is 17.3 Å². The van der Waals surface area contributed by atoms with Gasteiger partial charge in [0.2, 0.25) is 0 Å². The van der Waals surface area contributed by atoms with Crippen LogP contribution in [0, 0.1) is 0 Å². The summed E-state index contributed by atoms with van der Waals surface area (Å²) in [4.78, 5) is 11.6. The average molecular weight is 239 g/mol. The second kappa shape index (κ2) is 5.56. The molecule has 0 spiro atoms. The Labute approximate surface area is 100 Å². The van der Waals surface area contributed by atoms with Crippen molar-refractivity contribution in [2.75, 3.05) is 12.3 Å². The van der Waals surface area contributed by atoms with Crippen LogP contribution in [0.25, 0.3) is 0 Å². The van der Waals surface area contributed by atoms with E-state index >= 15 is 0 Å². The fourth-order valence-electron chi connectivity index (χ4n) is 1.12. The fourth-order valence-corrected chi connectivity index (χ4v) is 1.30. The third kappa shape index (κ3) is 3.59. The quantitative estimate of drug-likeness (QED) is 0.628. The van der Waals surface area contributed by atoms with Gasteiger partial charge >= 0.3 is 0 Å². The molecule has 1 aromatic carbocycles. The number of hydrogen-bond acceptors (Lipinski definition) is 2. The number of carbonyl (C=O) groups excluding carboxylic acids is 1. The Balaban J connectivity index is 2.66. The zero-order valence-corrected chi connectivity index (χ0v) is 10.1. The second-order valence-corrected chi connectivity index (χ2v) is 4.13. The maximum absolute atomic E-state index is 11.6. The van der Waals surface area contributed by atoms with E-state index < -0.39 is 0 Å². The SMILES string of the molecule is CC(C)=CCNC(=O)c1ccc(N)c(Cl)c1. The van der Waals surface area contributed by atoms with Gasteiger partial charge in [-0.2, -0.15) is 0 Å². The Bertz CT molecular complexity index is 423. The zero-order chi connectivity index (χ0) is 12.1. The summed E-state index contributed by atoms with van der Waals surface area (Å²) in [7, 11) is 0. The van der Waals surface area contributed by atoms with Gasteiger partial charge < -0.3 is 11.1 Å². The molecule has 1 rings (SSSR count). The first-order valence-corrected chi connectivity index (χ1v) is 5.35. The van der Waals surface area contributed by atoms with Gasteiger partial charge in [-0.25, -0.2) is 0 Å². The van der Waals surface area contributed by atoms with E-state index in [1.165, 1.54) is 0 Å². The van der Waals surface area contributed by atoms with E-state index in [0.29, 0.717) is 22.8 Å². The van der Waals surface area contributed by atoms with Crippen molar-refractivity contribution in [2.45, 2.75) is 13.8 Å². The number of amides is 1. The Kier molecular flexibility index (Phi) is 4.38. The number of hydrogen-bond donors (Lipinski definition) is 2. The van der Waals surface area contributed by atoms with E-state index in [-0.39, 0.29) is 5.91 Å². The molecule has 1 amide bonds. The molecule has 0 fully saturated rings. The van der Waals surface area contributed by atoms with Crippen LogP contribution in [0.2, 0.25) is 5.02 Å². The number of nitrogens with one attached hydrogen (secondary N) is 1. The Morgan fingerprint density at radius 1 is 1.50 bits per heavy atom. The van der Waals surface area contributed by atoms with Crippen molar-refractivity contribution >= 4 is 23.2 Å². The second-order valence-electron chi connectivity index (χ2n) is 3.73. The maximum Gasteiger partial charge on any atom is 0.251 e. The van der Waals surface area contributed by atoms with Gasteiger partial charge in [0.05, 0.1) is 10.7 Å². The van der Waals surface area contributed by atoms with E-state index in [1.807, 2.05) is 19.9 Å². The molecule has 0 aromatic heterocycles. The van der Waals surface area contributed by atoms with Crippen molar-refractivity contribution in [1.82, 2.24) is 5.32 Å². The number of nitrogen functional groups attached to an aromatic ring is 1. The molecule has 0 atom stereocenters. The van der Waals surface area contributed by atoms with E-state index in [1.54, 1.807) is 18.2 Å². The summed E-state index contributed by atoms with van der Waals surface area (Å²) >= 11 is 5.83. The topological polar surface area (TPSA) is 55.1 Å². The molecule has 0 aliphatic carbocycles. The fraction of sp³-hybridized carbons (Fsp3) is 0.250. The largest absolute Gasteiger partial charge is 0.398 e. The van der Waals surface area contributed by atoms with Crippen molar-refractivity contribution in [2.24, 2.45) is 0 Å². The first kappa shape index (κ1) is 12.6. The average Bonchev–Trinajstić information content (AvgIpc) is 2.21. The molecule has 3 N–H and O–H groups in total. The molecule has 0 aliphatic heterocycles. The molecule has 0 saturated carbocycles. The van der Waals surface area contributed by atoms with E-state index in [0.717, 1.165) is 5.57 Å². The third-order valence-electron chi connectivity index (χ3n) is 2.04. The highest BCUT2D eigenvalue weighted by Gasteiger charge is 2.05. The summed E-state index contributed by atoms with van der Waals surface area (Å²) in [5, 5.41) is 3.16. The summed E-state index contributed by atoms with van der Waals surface area (Å²) in [6.07, 6.45) is 1.94. The molecule has 3 nitrogen and oxygen atoms in total. The van der Waals surface area contributed by atoms with Gasteiger partial charge in [-0.05, 0) is 32.0 Å². The van der Waals surface area contributed by atoms with Crippen LogP contribution in [0.4, 0.5) is 5.69 Å². The van der Waals surface area contributed by atoms with Crippen LogP contribution >= 0.6 is 11.6 Å². The lowest BCUT2D eigenvalue weighted by molar-refractivity contribution is 0.0958. The maximum atomic E-state index is 11.6. The van der Waals surface area contributed by atoms with Crippen molar-refractivity contribution in [1.29, 1.82) is 0 Å². The van der Waals surface area contributed by atoms with Gasteiger partial charge in [0.25, 0.3) is 5.91 Å². The lowest BCUT2D eigenvalue weighted by atomic mass is 10.2. The minimum absolute atomic E-state index is 0.153. The number of nitrogens with two attached hydrogens (primary N) is 1. The van der Waals surface area contributed by atoms with Gasteiger partial charge in [-0.3, -0.25) is 4.79 Å². The molecule has 0 radical (unpaired) electrons. The molecular weight excluding hydrogens is 224 g/mol. The van der Waals surface area contributed by atoms with E-state index in [2.05, 4.69) is 5.32 Å². The number of rotatable bonds is 3. The van der Waals surface area contributed by atoms with Crippen LogP contribution in [-0.2, 0) is 0 Å². The molecule has 4 heteroatoms. The zero-order valence-electron chi connectivity index (χ0n) is 9.38. The van der Waals surface area contributed by atoms with Crippen molar-refractivity contribution < 1.29 is 4.79 Å². The minimum Gasteiger partial charge on any atom is -0.398 e. The highest BCUT2D eigenvalue weighted by Crippen LogP contribution is 2.19. The number of benzene rings is 1.